The van der Waals surface area contributed by atoms with Crippen molar-refractivity contribution in [2.75, 3.05) is 33.8 Å². The maximum atomic E-state index is 12.6. The quantitative estimate of drug-likeness (QED) is 0.817. The number of methoxy groups -OCH3 is 1. The number of carbonyl (C=O) groups excluding carboxylic acids is 2. The van der Waals surface area contributed by atoms with Gasteiger partial charge in [0, 0.05) is 26.1 Å². The Bertz CT molecular complexity index is 727. The number of carboxylic acids is 1. The van der Waals surface area contributed by atoms with Gasteiger partial charge < -0.3 is 19.6 Å². The summed E-state index contributed by atoms with van der Waals surface area (Å²) in [5.74, 6) is -0.442. The molecule has 0 spiro atoms. The summed E-state index contributed by atoms with van der Waals surface area (Å²) >= 11 is 0. The molecular weight excluding hydrogens is 348 g/mol. The van der Waals surface area contributed by atoms with Crippen LogP contribution in [-0.4, -0.2) is 66.5 Å². The van der Waals surface area contributed by atoms with Gasteiger partial charge in [0.2, 0.25) is 11.8 Å². The minimum Gasteiger partial charge on any atom is -0.497 e. The third-order valence-corrected chi connectivity index (χ3v) is 5.58. The van der Waals surface area contributed by atoms with Gasteiger partial charge in [0.05, 0.1) is 19.6 Å². The second-order valence-electron chi connectivity index (χ2n) is 7.41. The Kier molecular flexibility index (Phi) is 5.68. The minimum absolute atomic E-state index is 0.0170. The van der Waals surface area contributed by atoms with E-state index in [1.54, 1.807) is 19.1 Å². The van der Waals surface area contributed by atoms with Crippen LogP contribution in [-0.2, 0) is 14.4 Å². The monoisotopic (exact) mass is 374 g/mol. The molecule has 27 heavy (non-hydrogen) atoms. The maximum absolute atomic E-state index is 12.6. The van der Waals surface area contributed by atoms with Gasteiger partial charge in [-0.05, 0) is 42.9 Å². The highest BCUT2D eigenvalue weighted by atomic mass is 16.5. The number of nitrogens with zero attached hydrogens (tertiary/aromatic N) is 2. The highest BCUT2D eigenvalue weighted by Crippen LogP contribution is 2.48. The molecule has 7 heteroatoms. The lowest BCUT2D eigenvalue weighted by Gasteiger charge is -2.31. The van der Waals surface area contributed by atoms with Crippen LogP contribution < -0.4 is 4.74 Å². The number of rotatable bonds is 6. The molecule has 1 aliphatic carbocycles. The Morgan fingerprint density at radius 3 is 2.59 bits per heavy atom. The van der Waals surface area contributed by atoms with E-state index in [0.29, 0.717) is 25.9 Å². The van der Waals surface area contributed by atoms with Crippen LogP contribution in [0.3, 0.4) is 0 Å². The van der Waals surface area contributed by atoms with Crippen LogP contribution >= 0.6 is 0 Å². The summed E-state index contributed by atoms with van der Waals surface area (Å²) in [4.78, 5) is 39.2. The molecule has 2 atom stereocenters. The summed E-state index contributed by atoms with van der Waals surface area (Å²) in [7, 11) is 3.28. The molecule has 1 heterocycles. The van der Waals surface area contributed by atoms with E-state index in [4.69, 9.17) is 9.84 Å². The Balaban J connectivity index is 1.50. The van der Waals surface area contributed by atoms with Gasteiger partial charge >= 0.3 is 5.97 Å². The maximum Gasteiger partial charge on any atom is 0.306 e. The van der Waals surface area contributed by atoms with Crippen LogP contribution in [0.1, 0.15) is 30.7 Å². The Labute approximate surface area is 158 Å². The standard InChI is InChI=1S/C20H26N2O5/c1-21(12-18(23)22-8-6-13(7-9-22)20(25)26)19(24)17-11-16(17)14-4-3-5-15(10-14)27-2/h3-5,10,13,16-17H,6-9,11-12H2,1-2H3,(H,25,26). The number of hydrogen-bond acceptors (Lipinski definition) is 4. The molecule has 2 amide bonds. The van der Waals surface area contributed by atoms with Crippen LogP contribution in [0, 0.1) is 11.8 Å². The van der Waals surface area contributed by atoms with Gasteiger partial charge in [-0.15, -0.1) is 0 Å². The second kappa shape index (κ2) is 7.98. The first-order chi connectivity index (χ1) is 12.9. The third kappa shape index (κ3) is 4.40. The van der Waals surface area contributed by atoms with Crippen molar-refractivity contribution >= 4 is 17.8 Å². The molecule has 0 radical (unpaired) electrons. The smallest absolute Gasteiger partial charge is 0.306 e. The van der Waals surface area contributed by atoms with E-state index >= 15 is 0 Å². The molecular formula is C20H26N2O5. The molecule has 146 valence electrons. The van der Waals surface area contributed by atoms with Gasteiger partial charge in [-0.25, -0.2) is 0 Å². The minimum atomic E-state index is -0.799. The van der Waals surface area contributed by atoms with Gasteiger partial charge in [-0.2, -0.15) is 0 Å². The summed E-state index contributed by atoms with van der Waals surface area (Å²) in [6.07, 6.45) is 1.73. The molecule has 1 aromatic carbocycles. The first-order valence-corrected chi connectivity index (χ1v) is 9.30. The van der Waals surface area contributed by atoms with Crippen LogP contribution in [0.4, 0.5) is 0 Å². The molecule has 3 rings (SSSR count). The van der Waals surface area contributed by atoms with Crippen molar-refractivity contribution in [1.82, 2.24) is 9.80 Å². The van der Waals surface area contributed by atoms with Gasteiger partial charge in [0.15, 0.2) is 0 Å². The zero-order chi connectivity index (χ0) is 19.6. The summed E-state index contributed by atoms with van der Waals surface area (Å²) in [6, 6.07) is 7.75. The first kappa shape index (κ1) is 19.2. The number of hydrogen-bond donors (Lipinski definition) is 1. The SMILES string of the molecule is COc1cccc(C2CC2C(=O)N(C)CC(=O)N2CCC(C(=O)O)CC2)c1. The van der Waals surface area contributed by atoms with E-state index in [1.807, 2.05) is 24.3 Å². The highest BCUT2D eigenvalue weighted by molar-refractivity contribution is 5.88. The average Bonchev–Trinajstić information content (AvgIpc) is 3.48. The van der Waals surface area contributed by atoms with Crippen LogP contribution in [0.5, 0.6) is 5.75 Å². The Hall–Kier alpha value is -2.57. The van der Waals surface area contributed by atoms with E-state index < -0.39 is 5.97 Å². The number of amides is 2. The topological polar surface area (TPSA) is 87.2 Å². The van der Waals surface area contributed by atoms with Crippen molar-refractivity contribution in [3.63, 3.8) is 0 Å². The molecule has 2 aliphatic rings. The van der Waals surface area contributed by atoms with Crippen LogP contribution in [0.15, 0.2) is 24.3 Å². The predicted octanol–water partition coefficient (Wildman–Crippen LogP) is 1.58. The van der Waals surface area contributed by atoms with Gasteiger partial charge in [0.25, 0.3) is 0 Å². The van der Waals surface area contributed by atoms with Gasteiger partial charge in [0.1, 0.15) is 5.75 Å². The lowest BCUT2D eigenvalue weighted by atomic mass is 9.97. The molecule has 1 aliphatic heterocycles. The average molecular weight is 374 g/mol. The van der Waals surface area contributed by atoms with E-state index in [0.717, 1.165) is 17.7 Å². The van der Waals surface area contributed by atoms with Crippen molar-refractivity contribution in [2.45, 2.75) is 25.2 Å². The summed E-state index contributed by atoms with van der Waals surface area (Å²) in [5, 5.41) is 9.04. The summed E-state index contributed by atoms with van der Waals surface area (Å²) in [6.45, 7) is 0.916. The fourth-order valence-corrected chi connectivity index (χ4v) is 3.75. The van der Waals surface area contributed by atoms with E-state index in [-0.39, 0.29) is 36.1 Å². The molecule has 0 bridgehead atoms. The van der Waals surface area contributed by atoms with Crippen molar-refractivity contribution in [3.8, 4) is 5.75 Å². The molecule has 0 aromatic heterocycles. The number of piperidine rings is 1. The van der Waals surface area contributed by atoms with Crippen LogP contribution in [0.25, 0.3) is 0 Å². The fraction of sp³-hybridized carbons (Fsp3) is 0.550. The number of carbonyl (C=O) groups is 3. The van der Waals surface area contributed by atoms with Gasteiger partial charge in [-0.1, -0.05) is 12.1 Å². The van der Waals surface area contributed by atoms with Crippen molar-refractivity contribution in [1.29, 1.82) is 0 Å². The molecule has 1 saturated heterocycles. The molecule has 1 saturated carbocycles. The first-order valence-electron chi connectivity index (χ1n) is 9.30. The highest BCUT2D eigenvalue weighted by Gasteiger charge is 2.45. The Morgan fingerprint density at radius 1 is 1.26 bits per heavy atom. The van der Waals surface area contributed by atoms with E-state index in [1.165, 1.54) is 4.90 Å². The molecule has 1 aromatic rings. The Morgan fingerprint density at radius 2 is 1.96 bits per heavy atom. The van der Waals surface area contributed by atoms with E-state index in [2.05, 4.69) is 0 Å². The predicted molar refractivity (Wildman–Crippen MR) is 98.4 cm³/mol. The van der Waals surface area contributed by atoms with Crippen LogP contribution in [0.2, 0.25) is 0 Å². The zero-order valence-electron chi connectivity index (χ0n) is 15.8. The van der Waals surface area contributed by atoms with Crippen molar-refractivity contribution in [2.24, 2.45) is 11.8 Å². The summed E-state index contributed by atoms with van der Waals surface area (Å²) in [5.41, 5.74) is 1.09. The molecule has 2 unspecified atom stereocenters. The lowest BCUT2D eigenvalue weighted by Crippen LogP contribution is -2.45. The number of likely N-dealkylation sites (tertiary alicyclic amines) is 1. The molecule has 2 fully saturated rings. The molecule has 7 nitrogen and oxygen atoms in total. The third-order valence-electron chi connectivity index (χ3n) is 5.58. The number of likely N-dealkylation sites (N-methyl/N-ethyl adjacent to an activating group) is 1. The largest absolute Gasteiger partial charge is 0.497 e. The summed E-state index contributed by atoms with van der Waals surface area (Å²) < 4.78 is 5.24. The van der Waals surface area contributed by atoms with Gasteiger partial charge in [-0.3, -0.25) is 14.4 Å². The number of benzene rings is 1. The normalized spacial score (nSPS) is 22.2. The molecule has 1 N–H and O–H groups in total. The fourth-order valence-electron chi connectivity index (χ4n) is 3.75. The zero-order valence-corrected chi connectivity index (χ0v) is 15.8. The number of carboxylic acid groups (broad SMARTS) is 1. The number of aliphatic carboxylic acids is 1. The van der Waals surface area contributed by atoms with Crippen molar-refractivity contribution in [3.05, 3.63) is 29.8 Å². The van der Waals surface area contributed by atoms with Crippen molar-refractivity contribution < 1.29 is 24.2 Å². The second-order valence-corrected chi connectivity index (χ2v) is 7.41. The van der Waals surface area contributed by atoms with E-state index in [9.17, 15) is 14.4 Å². The number of ether oxygens (including phenoxy) is 1. The lowest BCUT2D eigenvalue weighted by molar-refractivity contribution is -0.146.